The maximum atomic E-state index is 13.3. The molecule has 0 aliphatic heterocycles. The van der Waals surface area contributed by atoms with E-state index in [1.54, 1.807) is 42.2 Å². The number of hydrogen-bond donors (Lipinski definition) is 1. The van der Waals surface area contributed by atoms with Gasteiger partial charge in [0.05, 0.1) is 30.5 Å². The minimum atomic E-state index is -0.911. The molecule has 4 rings (SSSR count). The van der Waals surface area contributed by atoms with Crippen LogP contribution in [0.25, 0.3) is 11.3 Å². The van der Waals surface area contributed by atoms with Crippen LogP contribution in [0.1, 0.15) is 67.3 Å². The van der Waals surface area contributed by atoms with Crippen LogP contribution in [-0.2, 0) is 22.3 Å². The van der Waals surface area contributed by atoms with Crippen LogP contribution in [0.15, 0.2) is 60.8 Å². The lowest BCUT2D eigenvalue weighted by Crippen LogP contribution is -2.47. The number of benzene rings is 2. The molecule has 8 heteroatoms. The molecule has 0 radical (unpaired) electrons. The summed E-state index contributed by atoms with van der Waals surface area (Å²) in [4.78, 5) is 31.5. The Morgan fingerprint density at radius 2 is 1.92 bits per heavy atom. The third-order valence-corrected chi connectivity index (χ3v) is 6.89. The molecular weight excluding hydrogens is 516 g/mol. The number of halogens is 1. The van der Waals surface area contributed by atoms with Crippen LogP contribution < -0.4 is 0 Å². The summed E-state index contributed by atoms with van der Waals surface area (Å²) < 4.78 is 10.8. The first kappa shape index (κ1) is 28.6. The molecule has 1 aliphatic carbocycles. The van der Waals surface area contributed by atoms with Gasteiger partial charge in [0.1, 0.15) is 5.60 Å². The van der Waals surface area contributed by atoms with Crippen LogP contribution >= 0.6 is 11.6 Å². The van der Waals surface area contributed by atoms with Crippen molar-refractivity contribution in [3.63, 3.8) is 0 Å². The summed E-state index contributed by atoms with van der Waals surface area (Å²) in [6.07, 6.45) is 2.32. The van der Waals surface area contributed by atoms with Gasteiger partial charge in [-0.25, -0.2) is 9.59 Å². The van der Waals surface area contributed by atoms with E-state index in [9.17, 15) is 14.7 Å². The number of amides is 1. The van der Waals surface area contributed by atoms with E-state index in [0.29, 0.717) is 29.2 Å². The minimum Gasteiger partial charge on any atom is -0.462 e. The second kappa shape index (κ2) is 12.2. The van der Waals surface area contributed by atoms with Crippen LogP contribution in [0.5, 0.6) is 0 Å². The Bertz CT molecular complexity index is 1320. The van der Waals surface area contributed by atoms with E-state index in [4.69, 9.17) is 21.1 Å². The lowest BCUT2D eigenvalue weighted by Gasteiger charge is -2.37. The van der Waals surface area contributed by atoms with E-state index in [0.717, 1.165) is 29.7 Å². The highest BCUT2D eigenvalue weighted by molar-refractivity contribution is 6.30. The molecule has 1 N–H and O–H groups in total. The van der Waals surface area contributed by atoms with Gasteiger partial charge in [0.15, 0.2) is 0 Å². The quantitative estimate of drug-likeness (QED) is 0.342. The number of fused-ring (bicyclic) bond motifs is 1. The van der Waals surface area contributed by atoms with Gasteiger partial charge in [-0.1, -0.05) is 35.9 Å². The van der Waals surface area contributed by atoms with Gasteiger partial charge >= 0.3 is 12.1 Å². The fourth-order valence-electron chi connectivity index (χ4n) is 4.76. The smallest absolute Gasteiger partial charge is 0.410 e. The number of esters is 1. The van der Waals surface area contributed by atoms with Gasteiger partial charge in [0.2, 0.25) is 0 Å². The molecule has 0 bridgehead atoms. The average molecular weight is 551 g/mol. The average Bonchev–Trinajstić information content (AvgIpc) is 2.90. The van der Waals surface area contributed by atoms with Crippen molar-refractivity contribution in [2.24, 2.45) is 0 Å². The van der Waals surface area contributed by atoms with Gasteiger partial charge in [-0.05, 0) is 94.0 Å². The number of aromatic nitrogens is 1. The van der Waals surface area contributed by atoms with E-state index in [1.807, 2.05) is 32.9 Å². The molecule has 206 valence electrons. The Kier molecular flexibility index (Phi) is 8.93. The highest BCUT2D eigenvalue weighted by Crippen LogP contribution is 2.31. The van der Waals surface area contributed by atoms with E-state index < -0.39 is 23.8 Å². The fourth-order valence-corrected chi connectivity index (χ4v) is 4.96. The summed E-state index contributed by atoms with van der Waals surface area (Å²) in [6, 6.07) is 16.6. The summed E-state index contributed by atoms with van der Waals surface area (Å²) >= 11 is 6.14. The first-order valence-electron chi connectivity index (χ1n) is 13.2. The molecular formula is C31H35ClN2O5. The molecule has 2 atom stereocenters. The second-order valence-corrected chi connectivity index (χ2v) is 11.2. The van der Waals surface area contributed by atoms with Gasteiger partial charge in [-0.2, -0.15) is 0 Å². The topological polar surface area (TPSA) is 89.0 Å². The zero-order valence-electron chi connectivity index (χ0n) is 22.8. The maximum Gasteiger partial charge on any atom is 0.410 e. The van der Waals surface area contributed by atoms with E-state index in [-0.39, 0.29) is 12.6 Å². The highest BCUT2D eigenvalue weighted by atomic mass is 35.5. The molecule has 0 unspecified atom stereocenters. The number of pyridine rings is 1. The number of aliphatic hydroxyl groups is 1. The summed E-state index contributed by atoms with van der Waals surface area (Å²) in [6.45, 7) is 7.66. The van der Waals surface area contributed by atoms with Crippen LogP contribution in [0, 0.1) is 0 Å². The van der Waals surface area contributed by atoms with Crippen molar-refractivity contribution in [2.45, 2.75) is 64.7 Å². The van der Waals surface area contributed by atoms with E-state index in [2.05, 4.69) is 17.1 Å². The Morgan fingerprint density at radius 1 is 1.13 bits per heavy atom. The first-order valence-corrected chi connectivity index (χ1v) is 13.6. The number of aliphatic hydroxyl groups excluding tert-OH is 1. The molecule has 1 aromatic heterocycles. The van der Waals surface area contributed by atoms with Gasteiger partial charge in [-0.15, -0.1) is 0 Å². The molecule has 1 amide bonds. The molecule has 3 aromatic rings. The number of carbonyl (C=O) groups is 2. The van der Waals surface area contributed by atoms with Crippen molar-refractivity contribution in [1.82, 2.24) is 9.88 Å². The normalized spacial score (nSPS) is 15.7. The van der Waals surface area contributed by atoms with Crippen LogP contribution in [0.3, 0.4) is 0 Å². The van der Waals surface area contributed by atoms with Crippen molar-refractivity contribution in [3.8, 4) is 11.3 Å². The molecule has 0 saturated carbocycles. The van der Waals surface area contributed by atoms with Crippen molar-refractivity contribution < 1.29 is 24.2 Å². The molecule has 2 aromatic carbocycles. The summed E-state index contributed by atoms with van der Waals surface area (Å²) in [5.41, 5.74) is 4.39. The Morgan fingerprint density at radius 3 is 2.59 bits per heavy atom. The summed E-state index contributed by atoms with van der Waals surface area (Å²) in [7, 11) is 0. The van der Waals surface area contributed by atoms with Gasteiger partial charge in [-0.3, -0.25) is 4.98 Å². The molecule has 39 heavy (non-hydrogen) atoms. The summed E-state index contributed by atoms with van der Waals surface area (Å²) in [5.74, 6) is -0.396. The molecule has 0 spiro atoms. The van der Waals surface area contributed by atoms with Crippen LogP contribution in [0.2, 0.25) is 5.02 Å². The molecule has 0 fully saturated rings. The van der Waals surface area contributed by atoms with Gasteiger partial charge < -0.3 is 19.5 Å². The number of nitrogens with zero attached hydrogens (tertiary/aromatic N) is 2. The zero-order chi connectivity index (χ0) is 28.2. The van der Waals surface area contributed by atoms with Crippen LogP contribution in [-0.4, -0.2) is 51.8 Å². The Balaban J connectivity index is 1.57. The van der Waals surface area contributed by atoms with Crippen molar-refractivity contribution >= 4 is 23.7 Å². The van der Waals surface area contributed by atoms with Crippen LogP contribution in [0.4, 0.5) is 4.79 Å². The third-order valence-electron chi connectivity index (χ3n) is 6.65. The number of hydrogen-bond acceptors (Lipinski definition) is 6. The molecule has 7 nitrogen and oxygen atoms in total. The number of ether oxygens (including phenoxy) is 2. The monoisotopic (exact) mass is 550 g/mol. The molecule has 1 aliphatic rings. The van der Waals surface area contributed by atoms with E-state index >= 15 is 0 Å². The standard InChI is InChI=1S/C31H35ClN2O5/c1-5-38-29(36)23-12-14-27(33-18-23)21-10-9-20-11-13-26(17-24(20)15-21)34(30(37)39-31(2,3)4)19-28(35)22-7-6-8-25(32)16-22/h6-10,12,14-16,18,26,28,35H,5,11,13,17,19H2,1-4H3/t26-,28-/m0/s1. The highest BCUT2D eigenvalue weighted by Gasteiger charge is 2.33. The largest absolute Gasteiger partial charge is 0.462 e. The molecule has 1 heterocycles. The zero-order valence-corrected chi connectivity index (χ0v) is 23.6. The SMILES string of the molecule is CCOC(=O)c1ccc(-c2ccc3c(c2)C[C@@H](N(C[C@H](O)c2cccc(Cl)c2)C(=O)OC(C)(C)C)CC3)nc1. The molecule has 0 saturated heterocycles. The first-order chi connectivity index (χ1) is 18.5. The predicted octanol–water partition coefficient (Wildman–Crippen LogP) is 6.41. The number of rotatable bonds is 7. The number of carbonyl (C=O) groups excluding carboxylic acids is 2. The third kappa shape index (κ3) is 7.37. The Hall–Kier alpha value is -3.42. The Labute approximate surface area is 234 Å². The van der Waals surface area contributed by atoms with Crippen molar-refractivity contribution in [1.29, 1.82) is 0 Å². The van der Waals surface area contributed by atoms with Crippen molar-refractivity contribution in [2.75, 3.05) is 13.2 Å². The fraction of sp³-hybridized carbons (Fsp3) is 0.387. The van der Waals surface area contributed by atoms with E-state index in [1.165, 1.54) is 11.8 Å². The van der Waals surface area contributed by atoms with Gasteiger partial charge in [0, 0.05) is 22.8 Å². The number of aryl methyl sites for hydroxylation is 1. The summed E-state index contributed by atoms with van der Waals surface area (Å²) in [5, 5.41) is 11.6. The second-order valence-electron chi connectivity index (χ2n) is 10.7. The van der Waals surface area contributed by atoms with Crippen molar-refractivity contribution in [3.05, 3.63) is 88.1 Å². The lowest BCUT2D eigenvalue weighted by molar-refractivity contribution is 0.00194. The maximum absolute atomic E-state index is 13.3. The minimum absolute atomic E-state index is 0.0891. The lowest BCUT2D eigenvalue weighted by atomic mass is 9.86. The predicted molar refractivity (Wildman–Crippen MR) is 151 cm³/mol. The van der Waals surface area contributed by atoms with Gasteiger partial charge in [0.25, 0.3) is 0 Å².